The zero-order valence-electron chi connectivity index (χ0n) is 9.96. The molecule has 2 aromatic heterocycles. The fraction of sp³-hybridized carbons (Fsp3) is 0.154. The molecule has 5 heteroatoms. The van der Waals surface area contributed by atoms with Crippen molar-refractivity contribution in [3.05, 3.63) is 40.6 Å². The zero-order valence-corrected chi connectivity index (χ0v) is 10.8. The third-order valence-electron chi connectivity index (χ3n) is 2.73. The minimum absolute atomic E-state index is 0.613. The maximum Gasteiger partial charge on any atom is 0.298 e. The van der Waals surface area contributed by atoms with Gasteiger partial charge >= 0.3 is 0 Å². The van der Waals surface area contributed by atoms with E-state index in [0.29, 0.717) is 11.7 Å². The molecule has 0 bridgehead atoms. The van der Waals surface area contributed by atoms with Crippen molar-refractivity contribution in [2.75, 3.05) is 17.7 Å². The number of fused-ring (bicyclic) bond motifs is 1. The Bertz CT molecular complexity index is 660. The van der Waals surface area contributed by atoms with E-state index in [4.69, 9.17) is 10.2 Å². The molecule has 3 aromatic rings. The van der Waals surface area contributed by atoms with Crippen molar-refractivity contribution in [1.29, 1.82) is 0 Å². The number of nitrogen functional groups attached to an aromatic ring is 1. The lowest BCUT2D eigenvalue weighted by Gasteiger charge is -2.12. The van der Waals surface area contributed by atoms with Gasteiger partial charge in [-0.15, -0.1) is 0 Å². The van der Waals surface area contributed by atoms with Gasteiger partial charge in [0.05, 0.1) is 0 Å². The Morgan fingerprint density at radius 2 is 2.28 bits per heavy atom. The molecular formula is C13H13N3OS. The molecule has 0 unspecified atom stereocenters. The topological polar surface area (TPSA) is 55.3 Å². The fourth-order valence-electron chi connectivity index (χ4n) is 1.82. The van der Waals surface area contributed by atoms with Crippen LogP contribution in [0.1, 0.15) is 5.56 Å². The van der Waals surface area contributed by atoms with Gasteiger partial charge in [-0.3, -0.25) is 0 Å². The Morgan fingerprint density at radius 3 is 3.06 bits per heavy atom. The molecule has 0 aliphatic heterocycles. The van der Waals surface area contributed by atoms with Crippen LogP contribution >= 0.6 is 11.3 Å². The lowest BCUT2D eigenvalue weighted by molar-refractivity contribution is 0.582. The van der Waals surface area contributed by atoms with E-state index in [0.717, 1.165) is 17.6 Å². The first-order valence-corrected chi connectivity index (χ1v) is 6.55. The molecule has 0 aliphatic carbocycles. The molecular weight excluding hydrogens is 246 g/mol. The Hall–Kier alpha value is -2.01. The van der Waals surface area contributed by atoms with Crippen molar-refractivity contribution in [3.8, 4) is 0 Å². The molecule has 0 saturated carbocycles. The van der Waals surface area contributed by atoms with E-state index in [-0.39, 0.29) is 0 Å². The van der Waals surface area contributed by atoms with Gasteiger partial charge in [0.25, 0.3) is 6.01 Å². The molecule has 2 N–H and O–H groups in total. The SMILES string of the molecule is CN(Cc1ccsc1)c1nc2cc(N)ccc2o1. The molecule has 1 aromatic carbocycles. The number of hydrogen-bond donors (Lipinski definition) is 1. The van der Waals surface area contributed by atoms with Crippen molar-refractivity contribution in [2.45, 2.75) is 6.54 Å². The van der Waals surface area contributed by atoms with Crippen molar-refractivity contribution < 1.29 is 4.42 Å². The van der Waals surface area contributed by atoms with Crippen LogP contribution < -0.4 is 10.6 Å². The quantitative estimate of drug-likeness (QED) is 0.734. The van der Waals surface area contributed by atoms with Gasteiger partial charge in [0.15, 0.2) is 5.58 Å². The maximum absolute atomic E-state index is 5.73. The van der Waals surface area contributed by atoms with Gasteiger partial charge in [0.2, 0.25) is 0 Å². The van der Waals surface area contributed by atoms with Gasteiger partial charge < -0.3 is 15.1 Å². The minimum atomic E-state index is 0.613. The second-order valence-electron chi connectivity index (χ2n) is 4.21. The van der Waals surface area contributed by atoms with Crippen molar-refractivity contribution >= 4 is 34.1 Å². The van der Waals surface area contributed by atoms with E-state index >= 15 is 0 Å². The molecule has 92 valence electrons. The average molecular weight is 259 g/mol. The molecule has 0 radical (unpaired) electrons. The standard InChI is InChI=1S/C13H13N3OS/c1-16(7-9-4-5-18-8-9)13-15-11-6-10(14)2-3-12(11)17-13/h2-6,8H,7,14H2,1H3. The number of benzene rings is 1. The highest BCUT2D eigenvalue weighted by atomic mass is 32.1. The normalized spacial score (nSPS) is 10.9. The number of rotatable bonds is 3. The zero-order chi connectivity index (χ0) is 12.5. The van der Waals surface area contributed by atoms with Gasteiger partial charge in [-0.05, 0) is 40.6 Å². The van der Waals surface area contributed by atoms with E-state index in [1.165, 1.54) is 5.56 Å². The monoisotopic (exact) mass is 259 g/mol. The van der Waals surface area contributed by atoms with Gasteiger partial charge in [0, 0.05) is 19.3 Å². The number of nitrogens with two attached hydrogens (primary N) is 1. The second-order valence-corrected chi connectivity index (χ2v) is 4.99. The first kappa shape index (κ1) is 11.1. The third-order valence-corrected chi connectivity index (χ3v) is 3.46. The summed E-state index contributed by atoms with van der Waals surface area (Å²) in [5.74, 6) is 0. The van der Waals surface area contributed by atoms with E-state index in [1.54, 1.807) is 11.3 Å². The van der Waals surface area contributed by atoms with Crippen molar-refractivity contribution in [3.63, 3.8) is 0 Å². The summed E-state index contributed by atoms with van der Waals surface area (Å²) in [6, 6.07) is 8.19. The van der Waals surface area contributed by atoms with Gasteiger partial charge in [-0.1, -0.05) is 0 Å². The Labute approximate surface area is 109 Å². The fourth-order valence-corrected chi connectivity index (χ4v) is 2.48. The summed E-state index contributed by atoms with van der Waals surface area (Å²) in [6.45, 7) is 0.784. The Kier molecular flexibility index (Phi) is 2.68. The minimum Gasteiger partial charge on any atom is -0.423 e. The van der Waals surface area contributed by atoms with Crippen LogP contribution in [0.3, 0.4) is 0 Å². The van der Waals surface area contributed by atoms with E-state index < -0.39 is 0 Å². The number of hydrogen-bond acceptors (Lipinski definition) is 5. The smallest absolute Gasteiger partial charge is 0.298 e. The first-order valence-electron chi connectivity index (χ1n) is 5.60. The molecule has 4 nitrogen and oxygen atoms in total. The van der Waals surface area contributed by atoms with Crippen LogP contribution in [0.4, 0.5) is 11.7 Å². The molecule has 0 saturated heterocycles. The van der Waals surface area contributed by atoms with Gasteiger partial charge in [-0.25, -0.2) is 0 Å². The first-order chi connectivity index (χ1) is 8.72. The van der Waals surface area contributed by atoms with E-state index in [9.17, 15) is 0 Å². The van der Waals surface area contributed by atoms with E-state index in [1.807, 2.05) is 30.1 Å². The van der Waals surface area contributed by atoms with Crippen LogP contribution in [0.5, 0.6) is 0 Å². The van der Waals surface area contributed by atoms with Gasteiger partial charge in [0.1, 0.15) is 5.52 Å². The van der Waals surface area contributed by atoms with Crippen LogP contribution in [0.15, 0.2) is 39.4 Å². The predicted octanol–water partition coefficient (Wildman–Crippen LogP) is 3.11. The molecule has 3 rings (SSSR count). The molecule has 0 amide bonds. The lowest BCUT2D eigenvalue weighted by Crippen LogP contribution is -2.15. The summed E-state index contributed by atoms with van der Waals surface area (Å²) >= 11 is 1.69. The molecule has 2 heterocycles. The number of thiophene rings is 1. The van der Waals surface area contributed by atoms with E-state index in [2.05, 4.69) is 21.8 Å². The molecule has 0 aliphatic rings. The van der Waals surface area contributed by atoms with Gasteiger partial charge in [-0.2, -0.15) is 16.3 Å². The highest BCUT2D eigenvalue weighted by Crippen LogP contribution is 2.24. The van der Waals surface area contributed by atoms with Crippen molar-refractivity contribution in [2.24, 2.45) is 0 Å². The van der Waals surface area contributed by atoms with Crippen LogP contribution in [0.25, 0.3) is 11.1 Å². The second kappa shape index (κ2) is 4.34. The van der Waals surface area contributed by atoms with Crippen LogP contribution in [0.2, 0.25) is 0 Å². The van der Waals surface area contributed by atoms with Crippen LogP contribution in [-0.4, -0.2) is 12.0 Å². The number of oxazole rings is 1. The molecule has 0 spiro atoms. The summed E-state index contributed by atoms with van der Waals surface area (Å²) in [6.07, 6.45) is 0. The Balaban J connectivity index is 1.89. The molecule has 0 atom stereocenters. The number of nitrogens with zero attached hydrogens (tertiary/aromatic N) is 2. The van der Waals surface area contributed by atoms with Crippen LogP contribution in [0, 0.1) is 0 Å². The predicted molar refractivity (Wildman–Crippen MR) is 74.8 cm³/mol. The third kappa shape index (κ3) is 2.04. The number of anilines is 2. The molecule has 18 heavy (non-hydrogen) atoms. The maximum atomic E-state index is 5.73. The highest BCUT2D eigenvalue weighted by molar-refractivity contribution is 7.07. The van der Waals surface area contributed by atoms with Crippen molar-refractivity contribution in [1.82, 2.24) is 4.98 Å². The molecule has 0 fully saturated rings. The summed E-state index contributed by atoms with van der Waals surface area (Å²) in [5.41, 5.74) is 9.23. The average Bonchev–Trinajstić information content (AvgIpc) is 2.96. The Morgan fingerprint density at radius 1 is 1.39 bits per heavy atom. The number of aromatic nitrogens is 1. The summed E-state index contributed by atoms with van der Waals surface area (Å²) in [7, 11) is 1.96. The van der Waals surface area contributed by atoms with Crippen LogP contribution in [-0.2, 0) is 6.54 Å². The summed E-state index contributed by atoms with van der Waals surface area (Å²) < 4.78 is 5.70. The highest BCUT2D eigenvalue weighted by Gasteiger charge is 2.11. The lowest BCUT2D eigenvalue weighted by atomic mass is 10.3. The summed E-state index contributed by atoms with van der Waals surface area (Å²) in [5, 5.41) is 4.19. The summed E-state index contributed by atoms with van der Waals surface area (Å²) in [4.78, 5) is 6.42. The largest absolute Gasteiger partial charge is 0.423 e.